The van der Waals surface area contributed by atoms with Gasteiger partial charge in [-0.1, -0.05) is 212 Å². The molecule has 0 aliphatic carbocycles. The van der Waals surface area contributed by atoms with E-state index in [1.165, 1.54) is 173 Å². The van der Waals surface area contributed by atoms with Crippen molar-refractivity contribution in [3.05, 3.63) is 12.2 Å². The van der Waals surface area contributed by atoms with E-state index >= 15 is 0 Å². The summed E-state index contributed by atoms with van der Waals surface area (Å²) in [6.07, 6.45) is 40.9. The molecule has 1 rings (SSSR count). The van der Waals surface area contributed by atoms with Crippen molar-refractivity contribution >= 4 is 5.91 Å². The molecule has 0 saturated carbocycles. The minimum atomic E-state index is -1.55. The molecule has 59 heavy (non-hydrogen) atoms. The van der Waals surface area contributed by atoms with E-state index in [0.717, 1.165) is 44.9 Å². The molecule has 350 valence electrons. The number of amides is 1. The quantitative estimate of drug-likeness (QED) is 0.0263. The highest BCUT2D eigenvalue weighted by molar-refractivity contribution is 5.76. The Balaban J connectivity index is 2.23. The Kier molecular flexibility index (Phi) is 38.9. The zero-order valence-corrected chi connectivity index (χ0v) is 38.5. The summed E-state index contributed by atoms with van der Waals surface area (Å²) in [5.41, 5.74) is 0. The third-order valence-electron chi connectivity index (χ3n) is 12.4. The Morgan fingerprint density at radius 1 is 0.559 bits per heavy atom. The highest BCUT2D eigenvalue weighted by atomic mass is 16.7. The first-order valence-corrected chi connectivity index (χ1v) is 25.4. The number of hydrogen-bond donors (Lipinski definition) is 6. The van der Waals surface area contributed by atoms with E-state index in [2.05, 4.69) is 31.3 Å². The van der Waals surface area contributed by atoms with Crippen molar-refractivity contribution in [2.75, 3.05) is 13.2 Å². The highest BCUT2D eigenvalue weighted by Crippen LogP contribution is 2.23. The summed E-state index contributed by atoms with van der Waals surface area (Å²) in [6, 6.07) is -0.729. The normalized spacial score (nSPS) is 20.7. The fourth-order valence-corrected chi connectivity index (χ4v) is 8.27. The van der Waals surface area contributed by atoms with Crippen LogP contribution < -0.4 is 5.32 Å². The average molecular weight is 840 g/mol. The van der Waals surface area contributed by atoms with Crippen LogP contribution in [0.1, 0.15) is 245 Å². The van der Waals surface area contributed by atoms with Crippen LogP contribution >= 0.6 is 0 Å². The van der Waals surface area contributed by atoms with Gasteiger partial charge in [0.1, 0.15) is 24.4 Å². The summed E-state index contributed by atoms with van der Waals surface area (Å²) >= 11 is 0. The maximum absolute atomic E-state index is 13.0. The number of unbranched alkanes of at least 4 members (excludes halogenated alkanes) is 31. The van der Waals surface area contributed by atoms with Crippen molar-refractivity contribution < 1.29 is 39.8 Å². The summed E-state index contributed by atoms with van der Waals surface area (Å²) in [6.45, 7) is 3.83. The van der Waals surface area contributed by atoms with E-state index in [0.29, 0.717) is 12.8 Å². The third kappa shape index (κ3) is 31.4. The molecule has 0 bridgehead atoms. The molecular weight excluding hydrogens is 743 g/mol. The second kappa shape index (κ2) is 41.0. The van der Waals surface area contributed by atoms with Crippen LogP contribution in [0.5, 0.6) is 0 Å². The summed E-state index contributed by atoms with van der Waals surface area (Å²) in [5, 5.41) is 54.4. The van der Waals surface area contributed by atoms with E-state index in [1.54, 1.807) is 0 Å². The first kappa shape index (κ1) is 55.9. The molecule has 2 unspecified atom stereocenters. The zero-order valence-electron chi connectivity index (χ0n) is 38.5. The summed E-state index contributed by atoms with van der Waals surface area (Å²) in [5.74, 6) is -0.150. The molecule has 6 N–H and O–H groups in total. The summed E-state index contributed by atoms with van der Waals surface area (Å²) in [7, 11) is 0. The topological polar surface area (TPSA) is 149 Å². The van der Waals surface area contributed by atoms with Gasteiger partial charge in [-0.2, -0.15) is 0 Å². The van der Waals surface area contributed by atoms with Crippen LogP contribution in [-0.2, 0) is 14.3 Å². The van der Waals surface area contributed by atoms with Gasteiger partial charge in [0.05, 0.1) is 25.4 Å². The van der Waals surface area contributed by atoms with E-state index in [4.69, 9.17) is 9.47 Å². The van der Waals surface area contributed by atoms with Gasteiger partial charge in [0.2, 0.25) is 5.91 Å². The lowest BCUT2D eigenvalue weighted by atomic mass is 9.99. The van der Waals surface area contributed by atoms with E-state index in [9.17, 15) is 30.3 Å². The molecule has 0 aromatic heterocycles. The SMILES string of the molecule is CCCCCCCCC/C=C/CCCC[C@@H](O)[C@H](CO[C@H]1O[C@@H](CO)[C@H](O)C(O)C1O)NC(=O)CCCCCCCCCCCCCCCCCCCCCCCCC. The molecule has 1 saturated heterocycles. The lowest BCUT2D eigenvalue weighted by molar-refractivity contribution is -0.302. The molecule has 0 radical (unpaired) electrons. The predicted octanol–water partition coefficient (Wildman–Crippen LogP) is 11.3. The van der Waals surface area contributed by atoms with E-state index in [1.807, 2.05) is 0 Å². The van der Waals surface area contributed by atoms with Gasteiger partial charge < -0.3 is 40.3 Å². The number of allylic oxidation sites excluding steroid dienone is 2. The molecule has 1 fully saturated rings. The Morgan fingerprint density at radius 3 is 1.37 bits per heavy atom. The first-order chi connectivity index (χ1) is 28.8. The van der Waals surface area contributed by atoms with Crippen LogP contribution in [0.15, 0.2) is 12.2 Å². The molecule has 0 aromatic rings. The maximum Gasteiger partial charge on any atom is 0.220 e. The summed E-state index contributed by atoms with van der Waals surface area (Å²) < 4.78 is 11.3. The van der Waals surface area contributed by atoms with Crippen LogP contribution in [0.3, 0.4) is 0 Å². The molecule has 9 nitrogen and oxygen atoms in total. The predicted molar refractivity (Wildman–Crippen MR) is 244 cm³/mol. The van der Waals surface area contributed by atoms with Gasteiger partial charge >= 0.3 is 0 Å². The van der Waals surface area contributed by atoms with Gasteiger partial charge in [0.25, 0.3) is 0 Å². The van der Waals surface area contributed by atoms with Crippen LogP contribution in [0.4, 0.5) is 0 Å². The van der Waals surface area contributed by atoms with Crippen molar-refractivity contribution in [1.82, 2.24) is 5.32 Å². The van der Waals surface area contributed by atoms with E-state index < -0.39 is 49.5 Å². The minimum Gasteiger partial charge on any atom is -0.394 e. The molecule has 9 heteroatoms. The van der Waals surface area contributed by atoms with Crippen LogP contribution in [0.2, 0.25) is 0 Å². The number of hydrogen-bond acceptors (Lipinski definition) is 8. The second-order valence-corrected chi connectivity index (χ2v) is 18.0. The number of aliphatic hydroxyl groups excluding tert-OH is 5. The first-order valence-electron chi connectivity index (χ1n) is 25.4. The van der Waals surface area contributed by atoms with Crippen LogP contribution in [-0.4, -0.2) is 87.5 Å². The Morgan fingerprint density at radius 2 is 0.949 bits per heavy atom. The van der Waals surface area contributed by atoms with Gasteiger partial charge in [0, 0.05) is 6.42 Å². The van der Waals surface area contributed by atoms with Crippen LogP contribution in [0, 0.1) is 0 Å². The number of nitrogens with one attached hydrogen (secondary N) is 1. The Hall–Kier alpha value is -1.07. The standard InChI is InChI=1S/C50H97NO8/c1-3-5-7-9-11-13-15-17-18-19-20-21-22-23-24-25-26-28-30-32-34-36-38-40-46(54)51-43(42-58-50-49(57)48(56)47(55)45(41-52)59-50)44(53)39-37-35-33-31-29-27-16-14-12-10-8-6-4-2/h29,31,43-45,47-50,52-53,55-57H,3-28,30,32-42H2,1-2H3,(H,51,54)/b31-29+/t43-,44+,45-,47-,48?,49?,50-/m0/s1. The van der Waals surface area contributed by atoms with Gasteiger partial charge in [-0.3, -0.25) is 4.79 Å². The van der Waals surface area contributed by atoms with E-state index in [-0.39, 0.29) is 12.5 Å². The largest absolute Gasteiger partial charge is 0.394 e. The second-order valence-electron chi connectivity index (χ2n) is 18.0. The van der Waals surface area contributed by atoms with Gasteiger partial charge in [-0.05, 0) is 38.5 Å². The number of rotatable bonds is 43. The Labute approximate surface area is 363 Å². The Bertz CT molecular complexity index is 935. The molecule has 1 aliphatic heterocycles. The van der Waals surface area contributed by atoms with Gasteiger partial charge in [-0.25, -0.2) is 0 Å². The molecule has 1 amide bonds. The maximum atomic E-state index is 13.0. The smallest absolute Gasteiger partial charge is 0.220 e. The lowest BCUT2D eigenvalue weighted by Gasteiger charge is -2.40. The number of carbonyl (C=O) groups is 1. The number of aliphatic hydroxyl groups is 5. The molecule has 7 atom stereocenters. The van der Waals surface area contributed by atoms with Gasteiger partial charge in [0.15, 0.2) is 6.29 Å². The van der Waals surface area contributed by atoms with Crippen molar-refractivity contribution in [2.24, 2.45) is 0 Å². The molecular formula is C50H97NO8. The number of carbonyl (C=O) groups excluding carboxylic acids is 1. The van der Waals surface area contributed by atoms with Crippen LogP contribution in [0.25, 0.3) is 0 Å². The fourth-order valence-electron chi connectivity index (χ4n) is 8.27. The average Bonchev–Trinajstić information content (AvgIpc) is 3.23. The number of ether oxygens (including phenoxy) is 2. The molecule has 0 aromatic carbocycles. The molecule has 1 aliphatic rings. The molecule has 1 heterocycles. The van der Waals surface area contributed by atoms with Crippen molar-refractivity contribution in [3.63, 3.8) is 0 Å². The van der Waals surface area contributed by atoms with Crippen molar-refractivity contribution in [1.29, 1.82) is 0 Å². The van der Waals surface area contributed by atoms with Crippen molar-refractivity contribution in [3.8, 4) is 0 Å². The fraction of sp³-hybridized carbons (Fsp3) is 0.940. The lowest BCUT2D eigenvalue weighted by Crippen LogP contribution is -2.60. The monoisotopic (exact) mass is 840 g/mol. The van der Waals surface area contributed by atoms with Gasteiger partial charge in [-0.15, -0.1) is 0 Å². The zero-order chi connectivity index (χ0) is 43.0. The third-order valence-corrected chi connectivity index (χ3v) is 12.4. The summed E-state index contributed by atoms with van der Waals surface area (Å²) in [4.78, 5) is 13.0. The minimum absolute atomic E-state index is 0.145. The highest BCUT2D eigenvalue weighted by Gasteiger charge is 2.44. The van der Waals surface area contributed by atoms with Crippen molar-refractivity contribution in [2.45, 2.75) is 288 Å². The molecule has 0 spiro atoms.